The van der Waals surface area contributed by atoms with Crippen molar-refractivity contribution in [3.63, 3.8) is 0 Å². The molecule has 3 aromatic carbocycles. The van der Waals surface area contributed by atoms with Crippen LogP contribution in [-0.4, -0.2) is 20.9 Å². The first kappa shape index (κ1) is 20.9. The highest BCUT2D eigenvalue weighted by molar-refractivity contribution is 7.92. The van der Waals surface area contributed by atoms with E-state index >= 15 is 0 Å². The third-order valence-corrected chi connectivity index (χ3v) is 6.64. The molecule has 0 saturated carbocycles. The quantitative estimate of drug-likeness (QED) is 0.404. The number of anilines is 1. The van der Waals surface area contributed by atoms with Crippen LogP contribution in [0.25, 0.3) is 0 Å². The Morgan fingerprint density at radius 3 is 2.28 bits per heavy atom. The van der Waals surface area contributed by atoms with E-state index in [1.807, 2.05) is 6.07 Å². The number of nitrogens with zero attached hydrogens (tertiary/aromatic N) is 1. The number of sulfonamides is 1. The number of benzene rings is 3. The summed E-state index contributed by atoms with van der Waals surface area (Å²) in [6.07, 6.45) is 0. The van der Waals surface area contributed by atoms with Gasteiger partial charge in [-0.05, 0) is 67.9 Å². The van der Waals surface area contributed by atoms with Crippen molar-refractivity contribution in [2.45, 2.75) is 18.7 Å². The molecule has 0 aliphatic rings. The molecule has 0 amide bonds. The van der Waals surface area contributed by atoms with Gasteiger partial charge in [-0.15, -0.1) is 0 Å². The van der Waals surface area contributed by atoms with Crippen molar-refractivity contribution in [3.05, 3.63) is 88.9 Å². The Labute approximate surface area is 175 Å². The molecular weight excluding hydrogens is 410 g/mol. The summed E-state index contributed by atoms with van der Waals surface area (Å²) in [5, 5.41) is 0.522. The standard InChI is InChI=1S/C22H20ClNO4S/c1-3-24(19-7-5-4-6-8-19)29(26,27)21-15-17(10-9-16(21)2)22(25)28-20-13-11-18(23)12-14-20/h4-15H,3H2,1-2H3. The fraction of sp³-hybridized carbons (Fsp3) is 0.136. The maximum atomic E-state index is 13.3. The molecule has 0 saturated heterocycles. The fourth-order valence-corrected chi connectivity index (χ4v) is 4.73. The second kappa shape index (κ2) is 8.68. The molecule has 0 N–H and O–H groups in total. The Kier molecular flexibility index (Phi) is 6.25. The van der Waals surface area contributed by atoms with Gasteiger partial charge in [-0.1, -0.05) is 35.9 Å². The van der Waals surface area contributed by atoms with Gasteiger partial charge in [0.05, 0.1) is 16.1 Å². The Morgan fingerprint density at radius 1 is 1.00 bits per heavy atom. The largest absolute Gasteiger partial charge is 0.423 e. The summed E-state index contributed by atoms with van der Waals surface area (Å²) in [6, 6.07) is 19.7. The predicted molar refractivity (Wildman–Crippen MR) is 114 cm³/mol. The maximum absolute atomic E-state index is 13.3. The highest BCUT2D eigenvalue weighted by Crippen LogP contribution is 2.27. The monoisotopic (exact) mass is 429 g/mol. The smallest absolute Gasteiger partial charge is 0.343 e. The van der Waals surface area contributed by atoms with Crippen molar-refractivity contribution < 1.29 is 17.9 Å². The summed E-state index contributed by atoms with van der Waals surface area (Å²) >= 11 is 5.84. The molecule has 0 heterocycles. The van der Waals surface area contributed by atoms with Gasteiger partial charge < -0.3 is 4.74 Å². The van der Waals surface area contributed by atoms with Crippen molar-refractivity contribution in [2.75, 3.05) is 10.8 Å². The number of carbonyl (C=O) groups is 1. The number of carbonyl (C=O) groups excluding carboxylic acids is 1. The lowest BCUT2D eigenvalue weighted by molar-refractivity contribution is 0.0734. The molecule has 0 aromatic heterocycles. The number of hydrogen-bond donors (Lipinski definition) is 0. The summed E-state index contributed by atoms with van der Waals surface area (Å²) in [7, 11) is -3.86. The molecule has 3 rings (SSSR count). The lowest BCUT2D eigenvalue weighted by atomic mass is 10.1. The molecule has 150 valence electrons. The Hall–Kier alpha value is -2.83. The molecule has 0 fully saturated rings. The van der Waals surface area contributed by atoms with Crippen LogP contribution in [0.15, 0.2) is 77.7 Å². The van der Waals surface area contributed by atoms with Gasteiger partial charge in [-0.25, -0.2) is 13.2 Å². The van der Waals surface area contributed by atoms with Gasteiger partial charge in [0.1, 0.15) is 5.75 Å². The Bertz CT molecular complexity index is 1110. The average molecular weight is 430 g/mol. The van der Waals surface area contributed by atoms with Gasteiger partial charge in [-0.2, -0.15) is 0 Å². The number of halogens is 1. The molecule has 7 heteroatoms. The summed E-state index contributed by atoms with van der Waals surface area (Å²) in [5.41, 5.74) is 1.25. The van der Waals surface area contributed by atoms with Crippen LogP contribution in [0.2, 0.25) is 5.02 Å². The van der Waals surface area contributed by atoms with E-state index in [-0.39, 0.29) is 17.0 Å². The number of esters is 1. The van der Waals surface area contributed by atoms with Crippen LogP contribution in [-0.2, 0) is 10.0 Å². The first-order valence-corrected chi connectivity index (χ1v) is 10.8. The van der Waals surface area contributed by atoms with Crippen molar-refractivity contribution >= 4 is 33.3 Å². The Morgan fingerprint density at radius 2 is 1.66 bits per heavy atom. The highest BCUT2D eigenvalue weighted by Gasteiger charge is 2.26. The zero-order valence-electron chi connectivity index (χ0n) is 16.0. The van der Waals surface area contributed by atoms with Crippen LogP contribution in [0.4, 0.5) is 5.69 Å². The molecule has 0 aliphatic carbocycles. The zero-order valence-corrected chi connectivity index (χ0v) is 17.6. The van der Waals surface area contributed by atoms with Gasteiger partial charge >= 0.3 is 5.97 Å². The molecule has 29 heavy (non-hydrogen) atoms. The molecule has 0 radical (unpaired) electrons. The summed E-state index contributed by atoms with van der Waals surface area (Å²) in [4.78, 5) is 12.6. The van der Waals surface area contributed by atoms with E-state index in [4.69, 9.17) is 16.3 Å². The third kappa shape index (κ3) is 4.60. The first-order chi connectivity index (χ1) is 13.8. The van der Waals surface area contributed by atoms with Gasteiger partial charge in [0, 0.05) is 11.6 Å². The number of rotatable bonds is 6. The fourth-order valence-electron chi connectivity index (χ4n) is 2.88. The van der Waals surface area contributed by atoms with Crippen LogP contribution in [0.5, 0.6) is 5.75 Å². The van der Waals surface area contributed by atoms with E-state index in [0.717, 1.165) is 0 Å². The van der Waals surface area contributed by atoms with Gasteiger partial charge in [0.2, 0.25) is 0 Å². The van der Waals surface area contributed by atoms with Crippen molar-refractivity contribution in [1.29, 1.82) is 0 Å². The topological polar surface area (TPSA) is 63.7 Å². The van der Waals surface area contributed by atoms with Gasteiger partial charge in [0.15, 0.2) is 0 Å². The van der Waals surface area contributed by atoms with Crippen LogP contribution < -0.4 is 9.04 Å². The SMILES string of the molecule is CCN(c1ccccc1)S(=O)(=O)c1cc(C(=O)Oc2ccc(Cl)cc2)ccc1C. The number of ether oxygens (including phenoxy) is 1. The minimum absolute atomic E-state index is 0.0637. The first-order valence-electron chi connectivity index (χ1n) is 8.99. The molecule has 0 unspecified atom stereocenters. The lowest BCUT2D eigenvalue weighted by Gasteiger charge is -2.24. The summed E-state index contributed by atoms with van der Waals surface area (Å²) in [5.74, 6) is -0.324. The van der Waals surface area contributed by atoms with Crippen LogP contribution in [0, 0.1) is 6.92 Å². The molecule has 0 aliphatic heterocycles. The second-order valence-electron chi connectivity index (χ2n) is 6.33. The number of hydrogen-bond acceptors (Lipinski definition) is 4. The third-order valence-electron chi connectivity index (χ3n) is 4.35. The lowest BCUT2D eigenvalue weighted by Crippen LogP contribution is -2.31. The van der Waals surface area contributed by atoms with Crippen LogP contribution >= 0.6 is 11.6 Å². The van der Waals surface area contributed by atoms with E-state index in [9.17, 15) is 13.2 Å². The Balaban J connectivity index is 1.95. The number of aryl methyl sites for hydroxylation is 1. The van der Waals surface area contributed by atoms with Crippen molar-refractivity contribution in [1.82, 2.24) is 0 Å². The molecular formula is C22H20ClNO4S. The minimum Gasteiger partial charge on any atom is -0.423 e. The minimum atomic E-state index is -3.86. The normalized spacial score (nSPS) is 11.1. The van der Waals surface area contributed by atoms with Crippen molar-refractivity contribution in [2.24, 2.45) is 0 Å². The van der Waals surface area contributed by atoms with Gasteiger partial charge in [0.25, 0.3) is 10.0 Å². The molecule has 5 nitrogen and oxygen atoms in total. The van der Waals surface area contributed by atoms with E-state index in [1.54, 1.807) is 74.5 Å². The molecule has 0 spiro atoms. The summed E-state index contributed by atoms with van der Waals surface area (Å²) in [6.45, 7) is 3.71. The predicted octanol–water partition coefficient (Wildman–Crippen LogP) is 5.08. The highest BCUT2D eigenvalue weighted by atomic mass is 35.5. The van der Waals surface area contributed by atoms with Crippen LogP contribution in [0.3, 0.4) is 0 Å². The zero-order chi connectivity index (χ0) is 21.0. The van der Waals surface area contributed by atoms with E-state index in [1.165, 1.54) is 10.4 Å². The van der Waals surface area contributed by atoms with E-state index < -0.39 is 16.0 Å². The van der Waals surface area contributed by atoms with Gasteiger partial charge in [-0.3, -0.25) is 4.31 Å². The van der Waals surface area contributed by atoms with Crippen molar-refractivity contribution in [3.8, 4) is 5.75 Å². The van der Waals surface area contributed by atoms with E-state index in [0.29, 0.717) is 22.0 Å². The molecule has 0 atom stereocenters. The van der Waals surface area contributed by atoms with E-state index in [2.05, 4.69) is 0 Å². The summed E-state index contributed by atoms with van der Waals surface area (Å²) < 4.78 is 33.3. The maximum Gasteiger partial charge on any atom is 0.343 e. The second-order valence-corrected chi connectivity index (χ2v) is 8.60. The molecule has 3 aromatic rings. The molecule has 0 bridgehead atoms. The van der Waals surface area contributed by atoms with Crippen LogP contribution in [0.1, 0.15) is 22.8 Å². The average Bonchev–Trinajstić information content (AvgIpc) is 2.71. The number of para-hydroxylation sites is 1.